The summed E-state index contributed by atoms with van der Waals surface area (Å²) in [6, 6.07) is 11.1. The minimum absolute atomic E-state index is 1.04. The lowest BCUT2D eigenvalue weighted by atomic mass is 10.0. The Labute approximate surface area is 149 Å². The van der Waals surface area contributed by atoms with E-state index < -0.39 is 0 Å². The summed E-state index contributed by atoms with van der Waals surface area (Å²) in [7, 11) is 2.22. The Morgan fingerprint density at radius 2 is 2.00 bits per heavy atom. The van der Waals surface area contributed by atoms with Crippen molar-refractivity contribution in [2.75, 3.05) is 13.6 Å². The normalized spacial score (nSPS) is 15.6. The van der Waals surface area contributed by atoms with Crippen LogP contribution in [0.2, 0.25) is 0 Å². The third kappa shape index (κ3) is 2.89. The zero-order valence-electron chi connectivity index (χ0n) is 15.3. The van der Waals surface area contributed by atoms with Gasteiger partial charge in [-0.25, -0.2) is 0 Å². The number of likely N-dealkylation sites (N-methyl/N-ethyl adjacent to an activating group) is 1. The van der Waals surface area contributed by atoms with Crippen LogP contribution in [0.25, 0.3) is 22.7 Å². The highest BCUT2D eigenvalue weighted by molar-refractivity contribution is 5.90. The van der Waals surface area contributed by atoms with Crippen LogP contribution in [0.4, 0.5) is 0 Å². The molecule has 0 fully saturated rings. The van der Waals surface area contributed by atoms with Gasteiger partial charge in [0, 0.05) is 49.2 Å². The van der Waals surface area contributed by atoms with Gasteiger partial charge in [0.05, 0.1) is 5.52 Å². The molecule has 0 saturated heterocycles. The van der Waals surface area contributed by atoms with E-state index in [0.717, 1.165) is 25.9 Å². The van der Waals surface area contributed by atoms with Crippen molar-refractivity contribution in [2.24, 2.45) is 0 Å². The van der Waals surface area contributed by atoms with Crippen LogP contribution in [0, 0.1) is 0 Å². The van der Waals surface area contributed by atoms with Gasteiger partial charge in [-0.2, -0.15) is 0 Å². The van der Waals surface area contributed by atoms with Gasteiger partial charge in [0.25, 0.3) is 0 Å². The first-order chi connectivity index (χ1) is 12.2. The summed E-state index contributed by atoms with van der Waals surface area (Å²) >= 11 is 0. The Kier molecular flexibility index (Phi) is 4.18. The molecule has 0 saturated carbocycles. The van der Waals surface area contributed by atoms with Crippen molar-refractivity contribution < 1.29 is 0 Å². The lowest BCUT2D eigenvalue weighted by molar-refractivity contribution is 0.312. The molecule has 0 bridgehead atoms. The number of nitrogens with zero attached hydrogens (tertiary/aromatic N) is 3. The minimum Gasteiger partial charge on any atom is -0.320 e. The number of aryl methyl sites for hydroxylation is 1. The zero-order valence-corrected chi connectivity index (χ0v) is 15.3. The molecule has 1 aromatic carbocycles. The average Bonchev–Trinajstić information content (AvgIpc) is 2.95. The maximum Gasteiger partial charge on any atom is 0.0529 e. The molecule has 0 unspecified atom stereocenters. The fraction of sp³-hybridized carbons (Fsp3) is 0.318. The molecule has 0 amide bonds. The number of pyridine rings is 1. The molecule has 1 aliphatic rings. The van der Waals surface area contributed by atoms with Crippen LogP contribution in [-0.2, 0) is 19.4 Å². The maximum atomic E-state index is 4.13. The highest BCUT2D eigenvalue weighted by Gasteiger charge is 2.22. The van der Waals surface area contributed by atoms with E-state index in [9.17, 15) is 0 Å². The Morgan fingerprint density at radius 3 is 2.76 bits per heavy atom. The third-order valence-electron chi connectivity index (χ3n) is 5.31. The van der Waals surface area contributed by atoms with E-state index in [1.54, 1.807) is 0 Å². The average molecular weight is 331 g/mol. The first-order valence-corrected chi connectivity index (χ1v) is 9.09. The van der Waals surface area contributed by atoms with E-state index in [-0.39, 0.29) is 0 Å². The van der Waals surface area contributed by atoms with Gasteiger partial charge in [0.15, 0.2) is 0 Å². The largest absolute Gasteiger partial charge is 0.320 e. The summed E-state index contributed by atoms with van der Waals surface area (Å²) in [4.78, 5) is 6.55. The van der Waals surface area contributed by atoms with Gasteiger partial charge in [-0.3, -0.25) is 4.98 Å². The molecule has 128 valence electrons. The summed E-state index contributed by atoms with van der Waals surface area (Å²) in [6.45, 7) is 6.56. The Bertz CT molecular complexity index is 935. The van der Waals surface area contributed by atoms with Crippen molar-refractivity contribution in [3.05, 3.63) is 65.1 Å². The van der Waals surface area contributed by atoms with Crippen molar-refractivity contribution in [3.8, 4) is 0 Å². The number of fused-ring (bicyclic) bond motifs is 3. The van der Waals surface area contributed by atoms with Crippen molar-refractivity contribution >= 4 is 22.7 Å². The van der Waals surface area contributed by atoms with Crippen LogP contribution in [0.3, 0.4) is 0 Å². The minimum atomic E-state index is 1.04. The molecule has 0 N–H and O–H groups in total. The summed E-state index contributed by atoms with van der Waals surface area (Å²) < 4.78 is 2.42. The highest BCUT2D eigenvalue weighted by atomic mass is 15.1. The molecular formula is C22H25N3. The van der Waals surface area contributed by atoms with Crippen molar-refractivity contribution in [3.63, 3.8) is 0 Å². The Balaban J connectivity index is 1.91. The van der Waals surface area contributed by atoms with Crippen molar-refractivity contribution in [2.45, 2.75) is 33.2 Å². The summed E-state index contributed by atoms with van der Waals surface area (Å²) in [5, 5.41) is 1.42. The number of hydrogen-bond acceptors (Lipinski definition) is 2. The van der Waals surface area contributed by atoms with E-state index in [1.165, 1.54) is 38.9 Å². The Morgan fingerprint density at radius 1 is 1.20 bits per heavy atom. The first kappa shape index (κ1) is 16.1. The summed E-state index contributed by atoms with van der Waals surface area (Å²) in [6.07, 6.45) is 8.20. The van der Waals surface area contributed by atoms with Gasteiger partial charge in [-0.1, -0.05) is 13.0 Å². The van der Waals surface area contributed by atoms with Gasteiger partial charge in [0.1, 0.15) is 0 Å². The topological polar surface area (TPSA) is 21.1 Å². The number of benzene rings is 1. The molecule has 0 aliphatic carbocycles. The van der Waals surface area contributed by atoms with Crippen LogP contribution in [0.5, 0.6) is 0 Å². The standard InChI is InChI=1S/C22H25N3/c1-4-17-5-6-21-19(13-17)20-15-24(3)12-9-22(20)25(21)14-16(2)18-7-10-23-11-8-18/h5-8,10-11,13-14H,4,9,12,15H2,1-3H3/b16-14+. The smallest absolute Gasteiger partial charge is 0.0529 e. The Hall–Kier alpha value is -2.39. The fourth-order valence-electron chi connectivity index (χ4n) is 3.83. The van der Waals surface area contributed by atoms with E-state index in [4.69, 9.17) is 0 Å². The van der Waals surface area contributed by atoms with Crippen LogP contribution in [-0.4, -0.2) is 28.0 Å². The molecule has 3 heteroatoms. The highest BCUT2D eigenvalue weighted by Crippen LogP contribution is 2.32. The van der Waals surface area contributed by atoms with Crippen LogP contribution in [0.15, 0.2) is 42.7 Å². The van der Waals surface area contributed by atoms with E-state index in [2.05, 4.69) is 71.9 Å². The van der Waals surface area contributed by atoms with Gasteiger partial charge >= 0.3 is 0 Å². The zero-order chi connectivity index (χ0) is 17.4. The second kappa shape index (κ2) is 6.49. The molecule has 3 aromatic rings. The molecule has 4 rings (SSSR count). The molecular weight excluding hydrogens is 306 g/mol. The van der Waals surface area contributed by atoms with Crippen molar-refractivity contribution in [1.29, 1.82) is 0 Å². The number of hydrogen-bond donors (Lipinski definition) is 0. The summed E-state index contributed by atoms with van der Waals surface area (Å²) in [5.74, 6) is 0. The summed E-state index contributed by atoms with van der Waals surface area (Å²) in [5.41, 5.74) is 8.19. The predicted molar refractivity (Wildman–Crippen MR) is 105 cm³/mol. The lowest BCUT2D eigenvalue weighted by Crippen LogP contribution is -2.26. The number of rotatable bonds is 3. The van der Waals surface area contributed by atoms with Gasteiger partial charge in [0.2, 0.25) is 0 Å². The maximum absolute atomic E-state index is 4.13. The van der Waals surface area contributed by atoms with E-state index >= 15 is 0 Å². The van der Waals surface area contributed by atoms with Crippen molar-refractivity contribution in [1.82, 2.24) is 14.5 Å². The second-order valence-electron chi connectivity index (χ2n) is 7.04. The molecule has 1 aliphatic heterocycles. The molecule has 0 spiro atoms. The molecule has 0 radical (unpaired) electrons. The van der Waals surface area contributed by atoms with Crippen LogP contribution >= 0.6 is 0 Å². The number of allylic oxidation sites excluding steroid dienone is 1. The first-order valence-electron chi connectivity index (χ1n) is 9.09. The van der Waals surface area contributed by atoms with Gasteiger partial charge in [-0.15, -0.1) is 0 Å². The molecule has 2 aromatic heterocycles. The third-order valence-corrected chi connectivity index (χ3v) is 5.31. The molecule has 3 heterocycles. The molecule has 3 nitrogen and oxygen atoms in total. The fourth-order valence-corrected chi connectivity index (χ4v) is 3.83. The van der Waals surface area contributed by atoms with Crippen LogP contribution in [0.1, 0.15) is 36.2 Å². The van der Waals surface area contributed by atoms with E-state index in [0.29, 0.717) is 0 Å². The monoisotopic (exact) mass is 331 g/mol. The van der Waals surface area contributed by atoms with Crippen LogP contribution < -0.4 is 0 Å². The lowest BCUT2D eigenvalue weighted by Gasteiger charge is -2.23. The van der Waals surface area contributed by atoms with Gasteiger partial charge in [-0.05, 0) is 66.9 Å². The predicted octanol–water partition coefficient (Wildman–Crippen LogP) is 4.60. The SMILES string of the molecule is CCc1ccc2c(c1)c1c(n2/C=C(\C)c2ccncc2)CCN(C)C1. The van der Waals surface area contributed by atoms with Gasteiger partial charge < -0.3 is 9.47 Å². The molecule has 0 atom stereocenters. The second-order valence-corrected chi connectivity index (χ2v) is 7.04. The molecule has 25 heavy (non-hydrogen) atoms. The van der Waals surface area contributed by atoms with E-state index in [1.807, 2.05) is 12.4 Å². The quantitative estimate of drug-likeness (QED) is 0.699. The number of aromatic nitrogens is 2.